The summed E-state index contributed by atoms with van der Waals surface area (Å²) in [5.41, 5.74) is 0. The Morgan fingerprint density at radius 3 is 1.71 bits per heavy atom. The van der Waals surface area contributed by atoms with Crippen molar-refractivity contribution < 1.29 is 0 Å². The standard InChI is InChI=1S/C3H2Br4/c4-2(5)1-3(6)7/h1-2H. The van der Waals surface area contributed by atoms with E-state index in [0.717, 1.165) is 3.39 Å². The first kappa shape index (κ1) is 8.66. The van der Waals surface area contributed by atoms with Gasteiger partial charge in [0.1, 0.15) is 0 Å². The molecule has 0 spiro atoms. The van der Waals surface area contributed by atoms with Crippen molar-refractivity contribution in [3.63, 3.8) is 0 Å². The molecule has 0 saturated carbocycles. The van der Waals surface area contributed by atoms with Crippen molar-refractivity contribution in [2.24, 2.45) is 0 Å². The van der Waals surface area contributed by atoms with Crippen LogP contribution >= 0.6 is 63.7 Å². The normalized spacial score (nSPS) is 9.29. The van der Waals surface area contributed by atoms with Gasteiger partial charge in [-0.05, 0) is 37.9 Å². The molecule has 0 aromatic carbocycles. The lowest BCUT2D eigenvalue weighted by Crippen LogP contribution is -1.70. The van der Waals surface area contributed by atoms with E-state index in [0.29, 0.717) is 0 Å². The summed E-state index contributed by atoms with van der Waals surface area (Å²) in [7, 11) is 0. The molecule has 0 heterocycles. The van der Waals surface area contributed by atoms with Gasteiger partial charge < -0.3 is 0 Å². The van der Waals surface area contributed by atoms with Crippen molar-refractivity contribution in [1.82, 2.24) is 0 Å². The molecule has 0 fully saturated rings. The monoisotopic (exact) mass is 354 g/mol. The van der Waals surface area contributed by atoms with E-state index < -0.39 is 0 Å². The van der Waals surface area contributed by atoms with Gasteiger partial charge in [0.25, 0.3) is 0 Å². The molecule has 0 atom stereocenters. The van der Waals surface area contributed by atoms with E-state index >= 15 is 0 Å². The quantitative estimate of drug-likeness (QED) is 0.627. The van der Waals surface area contributed by atoms with Gasteiger partial charge >= 0.3 is 0 Å². The van der Waals surface area contributed by atoms with Gasteiger partial charge in [-0.2, -0.15) is 0 Å². The summed E-state index contributed by atoms with van der Waals surface area (Å²) in [5.74, 6) is 0. The summed E-state index contributed by atoms with van der Waals surface area (Å²) >= 11 is 12.9. The highest BCUT2D eigenvalue weighted by Crippen LogP contribution is 2.19. The molecule has 7 heavy (non-hydrogen) atoms. The van der Waals surface area contributed by atoms with Crippen LogP contribution in [-0.2, 0) is 0 Å². The zero-order chi connectivity index (χ0) is 5.86. The highest BCUT2D eigenvalue weighted by atomic mass is 79.9. The van der Waals surface area contributed by atoms with Crippen molar-refractivity contribution in [2.45, 2.75) is 3.74 Å². The van der Waals surface area contributed by atoms with Gasteiger partial charge in [0.15, 0.2) is 0 Å². The second kappa shape index (κ2) is 4.53. The van der Waals surface area contributed by atoms with Crippen LogP contribution in [0, 0.1) is 0 Å². The Bertz CT molecular complexity index is 71.0. The van der Waals surface area contributed by atoms with Gasteiger partial charge in [0.05, 0.1) is 7.13 Å². The van der Waals surface area contributed by atoms with E-state index in [1.807, 2.05) is 6.08 Å². The van der Waals surface area contributed by atoms with E-state index in [1.165, 1.54) is 0 Å². The number of alkyl halides is 2. The molecule has 42 valence electrons. The Balaban J connectivity index is 3.45. The van der Waals surface area contributed by atoms with Gasteiger partial charge in [0, 0.05) is 0 Å². The minimum Gasteiger partial charge on any atom is -0.0718 e. The fourth-order valence-electron chi connectivity index (χ4n) is 0.0952. The average Bonchev–Trinajstić information content (AvgIpc) is 1.27. The summed E-state index contributed by atoms with van der Waals surface area (Å²) in [6.07, 6.45) is 1.92. The van der Waals surface area contributed by atoms with Crippen LogP contribution < -0.4 is 0 Å². The van der Waals surface area contributed by atoms with E-state index in [9.17, 15) is 0 Å². The molecule has 0 saturated heterocycles. The van der Waals surface area contributed by atoms with E-state index in [4.69, 9.17) is 0 Å². The Labute approximate surface area is 76.2 Å². The molecule has 0 unspecified atom stereocenters. The first-order valence-corrected chi connectivity index (χ1v) is 4.85. The molecule has 0 aliphatic carbocycles. The lowest BCUT2D eigenvalue weighted by Gasteiger charge is -1.86. The van der Waals surface area contributed by atoms with Crippen molar-refractivity contribution in [2.75, 3.05) is 0 Å². The Kier molecular flexibility index (Phi) is 5.60. The fraction of sp³-hybridized carbons (Fsp3) is 0.333. The summed E-state index contributed by atoms with van der Waals surface area (Å²) in [5, 5.41) is 0. The molecule has 0 aromatic rings. The van der Waals surface area contributed by atoms with Gasteiger partial charge in [0.2, 0.25) is 0 Å². The first-order chi connectivity index (χ1) is 3.13. The molecule has 0 aromatic heterocycles. The molecule has 0 N–H and O–H groups in total. The summed E-state index contributed by atoms with van der Waals surface area (Å²) in [6.45, 7) is 0. The molecule has 0 radical (unpaired) electrons. The van der Waals surface area contributed by atoms with Crippen LogP contribution in [0.15, 0.2) is 9.47 Å². The molecular weight excluding hydrogens is 356 g/mol. The van der Waals surface area contributed by atoms with E-state index in [2.05, 4.69) is 63.7 Å². The van der Waals surface area contributed by atoms with Crippen LogP contribution in [0.4, 0.5) is 0 Å². The Hall–Kier alpha value is 1.66. The Morgan fingerprint density at radius 2 is 1.71 bits per heavy atom. The van der Waals surface area contributed by atoms with Crippen LogP contribution in [-0.4, -0.2) is 3.74 Å². The molecule has 4 heteroatoms. The van der Waals surface area contributed by atoms with Crippen molar-refractivity contribution >= 4 is 63.7 Å². The molecule has 0 nitrogen and oxygen atoms in total. The number of hydrogen-bond acceptors (Lipinski definition) is 0. The van der Waals surface area contributed by atoms with Crippen molar-refractivity contribution in [3.05, 3.63) is 9.47 Å². The third-order valence-corrected chi connectivity index (χ3v) is 1.31. The van der Waals surface area contributed by atoms with Gasteiger partial charge in [-0.3, -0.25) is 0 Å². The highest BCUT2D eigenvalue weighted by molar-refractivity contribution is 9.28. The predicted molar refractivity (Wildman–Crippen MR) is 47.6 cm³/mol. The molecule has 0 amide bonds. The maximum absolute atomic E-state index is 3.26. The topological polar surface area (TPSA) is 0 Å². The fourth-order valence-corrected chi connectivity index (χ4v) is 2.57. The minimum absolute atomic E-state index is 0.244. The molecule has 0 aliphatic rings. The zero-order valence-electron chi connectivity index (χ0n) is 3.17. The molecular formula is C3H2Br4. The third kappa shape index (κ3) is 7.66. The molecule has 0 aliphatic heterocycles. The highest BCUT2D eigenvalue weighted by Gasteiger charge is 1.89. The summed E-state index contributed by atoms with van der Waals surface area (Å²) in [6, 6.07) is 0. The minimum atomic E-state index is 0.244. The molecule has 0 rings (SSSR count). The second-order valence-corrected chi connectivity index (χ2v) is 6.77. The number of halogens is 4. The molecule has 0 bridgehead atoms. The van der Waals surface area contributed by atoms with Gasteiger partial charge in [-0.15, -0.1) is 0 Å². The first-order valence-electron chi connectivity index (χ1n) is 1.44. The van der Waals surface area contributed by atoms with Crippen LogP contribution in [0.2, 0.25) is 0 Å². The number of rotatable bonds is 1. The average molecular weight is 358 g/mol. The van der Waals surface area contributed by atoms with Gasteiger partial charge in [-0.25, -0.2) is 0 Å². The van der Waals surface area contributed by atoms with E-state index in [-0.39, 0.29) is 3.74 Å². The SMILES string of the molecule is BrC(Br)=CC(Br)Br. The van der Waals surface area contributed by atoms with Crippen LogP contribution in [0.3, 0.4) is 0 Å². The van der Waals surface area contributed by atoms with Gasteiger partial charge in [-0.1, -0.05) is 31.9 Å². The summed E-state index contributed by atoms with van der Waals surface area (Å²) < 4.78 is 1.19. The number of hydrogen-bond donors (Lipinski definition) is 0. The smallest absolute Gasteiger partial charge is 0.0718 e. The maximum Gasteiger partial charge on any atom is 0.0896 e. The Morgan fingerprint density at radius 1 is 1.29 bits per heavy atom. The lowest BCUT2D eigenvalue weighted by atomic mass is 10.8. The maximum atomic E-state index is 3.26. The van der Waals surface area contributed by atoms with Crippen molar-refractivity contribution in [3.8, 4) is 0 Å². The summed E-state index contributed by atoms with van der Waals surface area (Å²) in [4.78, 5) is 0. The van der Waals surface area contributed by atoms with E-state index in [1.54, 1.807) is 0 Å². The largest absolute Gasteiger partial charge is 0.0896 e. The zero-order valence-corrected chi connectivity index (χ0v) is 9.51. The van der Waals surface area contributed by atoms with Crippen LogP contribution in [0.5, 0.6) is 0 Å². The lowest BCUT2D eigenvalue weighted by molar-refractivity contribution is 1.75. The predicted octanol–water partition coefficient (Wildman–Crippen LogP) is 3.73. The van der Waals surface area contributed by atoms with Crippen LogP contribution in [0.25, 0.3) is 0 Å². The number of allylic oxidation sites excluding steroid dienone is 1. The van der Waals surface area contributed by atoms with Crippen LogP contribution in [0.1, 0.15) is 0 Å². The third-order valence-electron chi connectivity index (χ3n) is 0.252. The van der Waals surface area contributed by atoms with Crippen molar-refractivity contribution in [1.29, 1.82) is 0 Å². The second-order valence-electron chi connectivity index (χ2n) is 0.791.